The third-order valence-corrected chi connectivity index (χ3v) is 4.88. The highest BCUT2D eigenvalue weighted by molar-refractivity contribution is 5.93. The van der Waals surface area contributed by atoms with Gasteiger partial charge in [-0.2, -0.15) is 0 Å². The summed E-state index contributed by atoms with van der Waals surface area (Å²) in [6.07, 6.45) is 2.01. The fraction of sp³-hybridized carbons (Fsp3) is 0.400. The molecule has 2 heterocycles. The van der Waals surface area contributed by atoms with E-state index in [1.165, 1.54) is 12.1 Å². The first-order chi connectivity index (χ1) is 12.5. The molecule has 0 spiro atoms. The molecule has 0 saturated carbocycles. The van der Waals surface area contributed by atoms with Gasteiger partial charge >= 0.3 is 0 Å². The molecule has 0 aliphatic carbocycles. The molecule has 1 fully saturated rings. The van der Waals surface area contributed by atoms with Gasteiger partial charge in [-0.05, 0) is 35.7 Å². The lowest BCUT2D eigenvalue weighted by molar-refractivity contribution is -0.134. The molecule has 1 aliphatic heterocycles. The largest absolute Gasteiger partial charge is 0.357 e. The Kier molecular flexibility index (Phi) is 5.40. The number of carbonyl (C=O) groups excluding carboxylic acids is 2. The normalized spacial score (nSPS) is 18.3. The smallest absolute Gasteiger partial charge is 0.270 e. The first-order valence-corrected chi connectivity index (χ1v) is 8.92. The van der Waals surface area contributed by atoms with Gasteiger partial charge in [-0.3, -0.25) is 9.59 Å². The zero-order chi connectivity index (χ0) is 18.7. The fourth-order valence-corrected chi connectivity index (χ4v) is 3.36. The Labute approximate surface area is 152 Å². The number of amides is 2. The maximum atomic E-state index is 13.2. The highest BCUT2D eigenvalue weighted by Crippen LogP contribution is 2.22. The number of rotatable bonds is 4. The van der Waals surface area contributed by atoms with Gasteiger partial charge < -0.3 is 14.8 Å². The summed E-state index contributed by atoms with van der Waals surface area (Å²) in [6, 6.07) is 9.66. The van der Waals surface area contributed by atoms with E-state index in [-0.39, 0.29) is 36.0 Å². The highest BCUT2D eigenvalue weighted by atomic mass is 19.1. The van der Waals surface area contributed by atoms with E-state index in [1.54, 1.807) is 35.4 Å². The van der Waals surface area contributed by atoms with Gasteiger partial charge in [0.05, 0.1) is 6.04 Å². The topological polar surface area (TPSA) is 56.4 Å². The summed E-state index contributed by atoms with van der Waals surface area (Å²) in [5, 5.41) is 0. The number of hydrogen-bond donors (Lipinski definition) is 1. The van der Waals surface area contributed by atoms with Crippen molar-refractivity contribution < 1.29 is 14.0 Å². The number of aromatic nitrogens is 1. The van der Waals surface area contributed by atoms with Crippen LogP contribution in [0.25, 0.3) is 0 Å². The van der Waals surface area contributed by atoms with Crippen molar-refractivity contribution in [3.63, 3.8) is 0 Å². The minimum atomic E-state index is -0.293. The fourth-order valence-electron chi connectivity index (χ4n) is 3.36. The Hall–Kier alpha value is -2.63. The number of benzene rings is 1. The summed E-state index contributed by atoms with van der Waals surface area (Å²) in [5.41, 5.74) is 1.42. The van der Waals surface area contributed by atoms with E-state index >= 15 is 0 Å². The molecule has 2 aromatic rings. The van der Waals surface area contributed by atoms with Crippen LogP contribution in [-0.4, -0.2) is 45.7 Å². The van der Waals surface area contributed by atoms with Crippen molar-refractivity contribution in [1.29, 1.82) is 0 Å². The second-order valence-corrected chi connectivity index (χ2v) is 7.04. The lowest BCUT2D eigenvalue weighted by Gasteiger charge is -2.34. The molecule has 5 nitrogen and oxygen atoms in total. The number of halogens is 1. The third-order valence-electron chi connectivity index (χ3n) is 4.88. The number of hydrogen-bond acceptors (Lipinski definition) is 2. The van der Waals surface area contributed by atoms with Crippen LogP contribution < -0.4 is 0 Å². The molecule has 6 heteroatoms. The molecule has 1 N–H and O–H groups in total. The molecule has 1 aromatic heterocycles. The van der Waals surface area contributed by atoms with E-state index in [0.717, 1.165) is 5.56 Å². The number of nitrogens with one attached hydrogen (secondary N) is 1. The maximum absolute atomic E-state index is 13.2. The van der Waals surface area contributed by atoms with Crippen LogP contribution >= 0.6 is 0 Å². The summed E-state index contributed by atoms with van der Waals surface area (Å²) < 4.78 is 13.2. The van der Waals surface area contributed by atoms with Crippen LogP contribution in [0, 0.1) is 11.7 Å². The van der Waals surface area contributed by atoms with E-state index in [9.17, 15) is 14.0 Å². The predicted molar refractivity (Wildman–Crippen MR) is 96.9 cm³/mol. The number of carbonyl (C=O) groups is 2. The van der Waals surface area contributed by atoms with Crippen LogP contribution in [0.1, 0.15) is 36.3 Å². The SMILES string of the molecule is CC(C)C1CN(C(=O)c2ccc[nH]2)CCC(=O)N1Cc1ccc(F)cc1. The number of nitrogens with zero attached hydrogens (tertiary/aromatic N) is 2. The Balaban J connectivity index is 1.81. The monoisotopic (exact) mass is 357 g/mol. The van der Waals surface area contributed by atoms with Crippen molar-refractivity contribution in [2.45, 2.75) is 32.9 Å². The van der Waals surface area contributed by atoms with E-state index < -0.39 is 0 Å². The molecular weight excluding hydrogens is 333 g/mol. The van der Waals surface area contributed by atoms with Crippen molar-refractivity contribution in [1.82, 2.24) is 14.8 Å². The van der Waals surface area contributed by atoms with Gasteiger partial charge in [0.1, 0.15) is 11.5 Å². The zero-order valence-electron chi connectivity index (χ0n) is 15.1. The first-order valence-electron chi connectivity index (χ1n) is 8.92. The van der Waals surface area contributed by atoms with Crippen molar-refractivity contribution in [3.05, 3.63) is 59.7 Å². The Morgan fingerprint density at radius 2 is 2.00 bits per heavy atom. The van der Waals surface area contributed by atoms with Crippen LogP contribution in [0.5, 0.6) is 0 Å². The summed E-state index contributed by atoms with van der Waals surface area (Å²) in [5.74, 6) is -0.164. The first kappa shape index (κ1) is 18.2. The van der Waals surface area contributed by atoms with Gasteiger partial charge in [-0.15, -0.1) is 0 Å². The standard InChI is InChI=1S/C20H24FN3O2/c1-14(2)18-13-23(20(26)17-4-3-10-22-17)11-9-19(25)24(18)12-15-5-7-16(21)8-6-15/h3-8,10,14,18,22H,9,11-13H2,1-2H3. The van der Waals surface area contributed by atoms with E-state index in [2.05, 4.69) is 18.8 Å². The van der Waals surface area contributed by atoms with Crippen molar-refractivity contribution in [2.24, 2.45) is 5.92 Å². The molecule has 3 rings (SSSR count). The molecule has 1 atom stereocenters. The zero-order valence-corrected chi connectivity index (χ0v) is 15.1. The second kappa shape index (κ2) is 7.72. The third kappa shape index (κ3) is 3.95. The summed E-state index contributed by atoms with van der Waals surface area (Å²) in [4.78, 5) is 32.0. The lowest BCUT2D eigenvalue weighted by Crippen LogP contribution is -2.47. The summed E-state index contributed by atoms with van der Waals surface area (Å²) in [7, 11) is 0. The summed E-state index contributed by atoms with van der Waals surface area (Å²) in [6.45, 7) is 5.42. The van der Waals surface area contributed by atoms with E-state index in [1.807, 2.05) is 4.90 Å². The van der Waals surface area contributed by atoms with Crippen LogP contribution in [0.4, 0.5) is 4.39 Å². The van der Waals surface area contributed by atoms with Gasteiger partial charge in [-0.1, -0.05) is 26.0 Å². The molecule has 2 amide bonds. The Bertz CT molecular complexity index is 756. The van der Waals surface area contributed by atoms with E-state index in [0.29, 0.717) is 25.3 Å². The number of H-pyrrole nitrogens is 1. The predicted octanol–water partition coefficient (Wildman–Crippen LogP) is 3.05. The minimum Gasteiger partial charge on any atom is -0.357 e. The lowest BCUT2D eigenvalue weighted by atomic mass is 10.0. The van der Waals surface area contributed by atoms with Gasteiger partial charge in [0.15, 0.2) is 0 Å². The Morgan fingerprint density at radius 1 is 1.27 bits per heavy atom. The summed E-state index contributed by atoms with van der Waals surface area (Å²) >= 11 is 0. The molecule has 1 saturated heterocycles. The van der Waals surface area contributed by atoms with Crippen LogP contribution in [0.2, 0.25) is 0 Å². The van der Waals surface area contributed by atoms with Gasteiger partial charge in [0.25, 0.3) is 5.91 Å². The van der Waals surface area contributed by atoms with Crippen LogP contribution in [0.15, 0.2) is 42.6 Å². The molecule has 1 aromatic carbocycles. The molecule has 1 aliphatic rings. The quantitative estimate of drug-likeness (QED) is 0.914. The average molecular weight is 357 g/mol. The molecule has 0 bridgehead atoms. The van der Waals surface area contributed by atoms with Gasteiger partial charge in [0, 0.05) is 32.3 Å². The Morgan fingerprint density at radius 3 is 2.62 bits per heavy atom. The van der Waals surface area contributed by atoms with Crippen molar-refractivity contribution in [2.75, 3.05) is 13.1 Å². The second-order valence-electron chi connectivity index (χ2n) is 7.04. The average Bonchev–Trinajstić information content (AvgIpc) is 3.10. The molecule has 1 unspecified atom stereocenters. The van der Waals surface area contributed by atoms with Gasteiger partial charge in [0.2, 0.25) is 5.91 Å². The van der Waals surface area contributed by atoms with Crippen LogP contribution in [-0.2, 0) is 11.3 Å². The van der Waals surface area contributed by atoms with Crippen molar-refractivity contribution in [3.8, 4) is 0 Å². The number of aromatic amines is 1. The molecule has 138 valence electrons. The minimum absolute atomic E-state index is 0.0230. The molecule has 0 radical (unpaired) electrons. The maximum Gasteiger partial charge on any atom is 0.270 e. The molecule has 26 heavy (non-hydrogen) atoms. The highest BCUT2D eigenvalue weighted by Gasteiger charge is 2.33. The van der Waals surface area contributed by atoms with Crippen molar-refractivity contribution >= 4 is 11.8 Å². The van der Waals surface area contributed by atoms with Crippen LogP contribution in [0.3, 0.4) is 0 Å². The molecular formula is C20H24FN3O2. The van der Waals surface area contributed by atoms with E-state index in [4.69, 9.17) is 0 Å². The van der Waals surface area contributed by atoms with Gasteiger partial charge in [-0.25, -0.2) is 4.39 Å².